The molecule has 3 N–H and O–H groups in total. The molecule has 2 atom stereocenters. The maximum absolute atomic E-state index is 9.38. The minimum Gasteiger partial charge on any atom is -0.470 e. The van der Waals surface area contributed by atoms with E-state index in [1.54, 1.807) is 19.3 Å². The van der Waals surface area contributed by atoms with Gasteiger partial charge in [0.2, 0.25) is 0 Å². The first kappa shape index (κ1) is 19.2. The van der Waals surface area contributed by atoms with Gasteiger partial charge in [0.15, 0.2) is 0 Å². The van der Waals surface area contributed by atoms with Crippen LogP contribution in [0.2, 0.25) is 0 Å². The van der Waals surface area contributed by atoms with Crippen LogP contribution in [0.25, 0.3) is 0 Å². The summed E-state index contributed by atoms with van der Waals surface area (Å²) in [5, 5.41) is 11.6. The highest BCUT2D eigenvalue weighted by atomic mass is 16.5. The molecule has 0 aromatic heterocycles. The molecule has 1 aromatic rings. The average Bonchev–Trinajstić information content (AvgIpc) is 2.54. The van der Waals surface area contributed by atoms with E-state index in [1.807, 2.05) is 6.92 Å². The van der Waals surface area contributed by atoms with Crippen molar-refractivity contribution in [2.45, 2.75) is 52.2 Å². The van der Waals surface area contributed by atoms with Crippen LogP contribution in [0.15, 0.2) is 66.8 Å². The van der Waals surface area contributed by atoms with Gasteiger partial charge in [0.05, 0.1) is 24.3 Å². The van der Waals surface area contributed by atoms with E-state index < -0.39 is 6.10 Å². The molecule has 0 aliphatic carbocycles. The van der Waals surface area contributed by atoms with Gasteiger partial charge in [0.25, 0.3) is 0 Å². The summed E-state index contributed by atoms with van der Waals surface area (Å²) in [7, 11) is 0. The van der Waals surface area contributed by atoms with Crippen molar-refractivity contribution in [1.29, 1.82) is 0 Å². The number of aliphatic hydroxyl groups excluding tert-OH is 1. The van der Waals surface area contributed by atoms with E-state index in [-0.39, 0.29) is 5.41 Å². The monoisotopic (exact) mass is 340 g/mol. The Morgan fingerprint density at radius 1 is 1.32 bits per heavy atom. The predicted octanol–water partition coefficient (Wildman–Crippen LogP) is 3.78. The third kappa shape index (κ3) is 5.18. The van der Waals surface area contributed by atoms with E-state index in [2.05, 4.69) is 74.8 Å². The first-order valence-corrected chi connectivity index (χ1v) is 8.80. The Morgan fingerprint density at radius 2 is 2.08 bits per heavy atom. The van der Waals surface area contributed by atoms with Crippen molar-refractivity contribution in [3.05, 3.63) is 83.5 Å². The van der Waals surface area contributed by atoms with Crippen LogP contribution in [0.3, 0.4) is 0 Å². The summed E-state index contributed by atoms with van der Waals surface area (Å²) in [6.07, 6.45) is 13.5. The van der Waals surface area contributed by atoms with Crippen molar-refractivity contribution in [2.24, 2.45) is 0 Å². The summed E-state index contributed by atoms with van der Waals surface area (Å²) < 4.78 is 5.61. The Labute approximate surface area is 151 Å². The van der Waals surface area contributed by atoms with E-state index in [4.69, 9.17) is 4.74 Å². The number of hydrogen-bond donors (Lipinski definition) is 2. The molecule has 0 bridgehead atoms. The Kier molecular flexibility index (Phi) is 6.40. The lowest BCUT2D eigenvalue weighted by molar-refractivity contribution is -0.622. The average molecular weight is 340 g/mol. The molecule has 0 saturated heterocycles. The van der Waals surface area contributed by atoms with Gasteiger partial charge >= 0.3 is 0 Å². The van der Waals surface area contributed by atoms with Gasteiger partial charge in [0.1, 0.15) is 6.04 Å². The topological polar surface area (TPSA) is 46.1 Å². The van der Waals surface area contributed by atoms with Crippen molar-refractivity contribution < 1.29 is 15.2 Å². The molecule has 0 amide bonds. The molecule has 25 heavy (non-hydrogen) atoms. The predicted molar refractivity (Wildman–Crippen MR) is 103 cm³/mol. The SMILES string of the molecule is C/C(=C/C(C)O)O/C=C/C(C)(C)c1cccc(C)c1C1C=CC=C[NH2+]1. The number of benzene rings is 1. The largest absolute Gasteiger partial charge is 0.470 e. The molecule has 3 heteroatoms. The van der Waals surface area contributed by atoms with Crippen LogP contribution in [0, 0.1) is 6.92 Å². The summed E-state index contributed by atoms with van der Waals surface area (Å²) >= 11 is 0. The van der Waals surface area contributed by atoms with Crippen molar-refractivity contribution >= 4 is 0 Å². The minimum atomic E-state index is -0.508. The van der Waals surface area contributed by atoms with Gasteiger partial charge in [-0.2, -0.15) is 0 Å². The van der Waals surface area contributed by atoms with Crippen molar-refractivity contribution in [1.82, 2.24) is 0 Å². The number of aliphatic hydroxyl groups is 1. The van der Waals surface area contributed by atoms with E-state index >= 15 is 0 Å². The summed E-state index contributed by atoms with van der Waals surface area (Å²) in [5.41, 5.74) is 3.78. The smallest absolute Gasteiger partial charge is 0.135 e. The van der Waals surface area contributed by atoms with Crippen LogP contribution in [0.1, 0.15) is 50.4 Å². The van der Waals surface area contributed by atoms with E-state index in [9.17, 15) is 5.11 Å². The number of ether oxygens (including phenoxy) is 1. The summed E-state index contributed by atoms with van der Waals surface area (Å²) in [6, 6.07) is 6.79. The number of quaternary nitrogens is 1. The lowest BCUT2D eigenvalue weighted by Gasteiger charge is -2.27. The van der Waals surface area contributed by atoms with E-state index in [1.165, 1.54) is 16.7 Å². The molecule has 1 aliphatic rings. The number of aryl methyl sites for hydroxylation is 1. The van der Waals surface area contributed by atoms with Gasteiger partial charge in [0, 0.05) is 11.0 Å². The summed E-state index contributed by atoms with van der Waals surface area (Å²) in [5.74, 6) is 0.695. The molecular formula is C22H30NO2+. The molecule has 1 heterocycles. The lowest BCUT2D eigenvalue weighted by atomic mass is 9.78. The van der Waals surface area contributed by atoms with Crippen LogP contribution in [0.4, 0.5) is 0 Å². The lowest BCUT2D eigenvalue weighted by Crippen LogP contribution is -2.79. The maximum atomic E-state index is 9.38. The second-order valence-electron chi connectivity index (χ2n) is 7.18. The Morgan fingerprint density at radius 3 is 2.72 bits per heavy atom. The molecule has 0 fully saturated rings. The normalized spacial score (nSPS) is 19.4. The van der Waals surface area contributed by atoms with Crippen LogP contribution in [0.5, 0.6) is 0 Å². The Balaban J connectivity index is 2.28. The van der Waals surface area contributed by atoms with Crippen molar-refractivity contribution in [3.63, 3.8) is 0 Å². The van der Waals surface area contributed by atoms with Crippen molar-refractivity contribution in [2.75, 3.05) is 0 Å². The van der Waals surface area contributed by atoms with E-state index in [0.29, 0.717) is 11.8 Å². The fourth-order valence-electron chi connectivity index (χ4n) is 3.15. The van der Waals surface area contributed by atoms with Gasteiger partial charge < -0.3 is 15.2 Å². The zero-order valence-electron chi connectivity index (χ0n) is 15.9. The van der Waals surface area contributed by atoms with Crippen molar-refractivity contribution in [3.8, 4) is 0 Å². The second-order valence-corrected chi connectivity index (χ2v) is 7.18. The van der Waals surface area contributed by atoms with Gasteiger partial charge in [-0.25, -0.2) is 0 Å². The fraction of sp³-hybridized carbons (Fsp3) is 0.364. The minimum absolute atomic E-state index is 0.171. The molecule has 3 nitrogen and oxygen atoms in total. The Bertz CT molecular complexity index is 709. The first-order chi connectivity index (χ1) is 11.8. The highest BCUT2D eigenvalue weighted by Crippen LogP contribution is 2.33. The second kappa shape index (κ2) is 8.32. The molecule has 2 rings (SSSR count). The number of allylic oxidation sites excluding steroid dienone is 4. The maximum Gasteiger partial charge on any atom is 0.135 e. The molecule has 1 aromatic carbocycles. The number of rotatable bonds is 6. The van der Waals surface area contributed by atoms with Gasteiger partial charge in [-0.05, 0) is 56.2 Å². The fourth-order valence-corrected chi connectivity index (χ4v) is 3.15. The first-order valence-electron chi connectivity index (χ1n) is 8.80. The third-order valence-electron chi connectivity index (χ3n) is 4.43. The molecule has 134 valence electrons. The van der Waals surface area contributed by atoms with Crippen LogP contribution in [-0.4, -0.2) is 11.2 Å². The zero-order valence-corrected chi connectivity index (χ0v) is 15.9. The van der Waals surface area contributed by atoms with Gasteiger partial charge in [-0.3, -0.25) is 0 Å². The molecular weight excluding hydrogens is 310 g/mol. The highest BCUT2D eigenvalue weighted by molar-refractivity contribution is 5.44. The Hall–Kier alpha value is -2.10. The van der Waals surface area contributed by atoms with Gasteiger partial charge in [-0.15, -0.1) is 0 Å². The molecule has 1 aliphatic heterocycles. The number of nitrogens with two attached hydrogens (primary N) is 1. The highest BCUT2D eigenvalue weighted by Gasteiger charge is 2.27. The quantitative estimate of drug-likeness (QED) is 0.774. The summed E-state index contributed by atoms with van der Waals surface area (Å²) in [4.78, 5) is 0. The third-order valence-corrected chi connectivity index (χ3v) is 4.43. The molecule has 0 radical (unpaired) electrons. The molecule has 0 saturated carbocycles. The van der Waals surface area contributed by atoms with Crippen LogP contribution < -0.4 is 5.32 Å². The van der Waals surface area contributed by atoms with Gasteiger partial charge in [-0.1, -0.05) is 38.1 Å². The molecule has 2 unspecified atom stereocenters. The zero-order chi connectivity index (χ0) is 18.4. The van der Waals surface area contributed by atoms with E-state index in [0.717, 1.165) is 0 Å². The van der Waals surface area contributed by atoms with Crippen LogP contribution in [-0.2, 0) is 10.2 Å². The van der Waals surface area contributed by atoms with Crippen LogP contribution >= 0.6 is 0 Å². The molecule has 0 spiro atoms. The standard InChI is InChI=1S/C22H29NO2/c1-16-9-8-10-19(21(16)20-11-6-7-13-23-20)22(4,5)12-14-25-18(3)15-17(2)24/h6-15,17,20,23-24H,1-5H3/p+1/b14-12+,18-15-. The number of hydrogen-bond acceptors (Lipinski definition) is 2. The summed E-state index contributed by atoms with van der Waals surface area (Å²) in [6.45, 7) is 10.1.